The first kappa shape index (κ1) is 14.4. The van der Waals surface area contributed by atoms with Gasteiger partial charge in [-0.25, -0.2) is 4.39 Å². The number of halogens is 3. The van der Waals surface area contributed by atoms with Gasteiger partial charge in [-0.1, -0.05) is 0 Å². The Bertz CT molecular complexity index is 430. The molecule has 1 heterocycles. The monoisotopic (exact) mass is 322 g/mol. The second kappa shape index (κ2) is 5.80. The van der Waals surface area contributed by atoms with Crippen molar-refractivity contribution >= 4 is 34.2 Å². The normalized spacial score (nSPS) is 19.0. The maximum Gasteiger partial charge on any atom is 0.255 e. The molecule has 0 bridgehead atoms. The standard InChI is InChI=1S/C11H12BrFN2O.ClH/c12-10-2-1-7(13)5-9(10)11(16)15-4-3-8(14)6-15;/h1-2,5,8H,3-4,6,14H2;1H. The Balaban J connectivity index is 0.00000144. The maximum absolute atomic E-state index is 13.1. The van der Waals surface area contributed by atoms with Gasteiger partial charge in [-0.15, -0.1) is 12.4 Å². The summed E-state index contributed by atoms with van der Waals surface area (Å²) in [6.45, 7) is 1.19. The average Bonchev–Trinajstić information content (AvgIpc) is 2.67. The predicted octanol–water partition coefficient (Wildman–Crippen LogP) is 2.18. The lowest BCUT2D eigenvalue weighted by molar-refractivity contribution is 0.0789. The van der Waals surface area contributed by atoms with Gasteiger partial charge in [0.2, 0.25) is 0 Å². The summed E-state index contributed by atoms with van der Waals surface area (Å²) in [4.78, 5) is 13.7. The number of hydrogen-bond acceptors (Lipinski definition) is 2. The second-order valence-electron chi connectivity index (χ2n) is 3.92. The van der Waals surface area contributed by atoms with Gasteiger partial charge in [-0.3, -0.25) is 4.79 Å². The van der Waals surface area contributed by atoms with Gasteiger partial charge in [0, 0.05) is 23.6 Å². The topological polar surface area (TPSA) is 46.3 Å². The zero-order valence-electron chi connectivity index (χ0n) is 9.03. The summed E-state index contributed by atoms with van der Waals surface area (Å²) in [5, 5.41) is 0. The number of amides is 1. The van der Waals surface area contributed by atoms with Gasteiger partial charge in [0.1, 0.15) is 5.82 Å². The molecule has 1 aliphatic rings. The Morgan fingerprint density at radius 2 is 2.24 bits per heavy atom. The van der Waals surface area contributed by atoms with Crippen LogP contribution in [0.4, 0.5) is 4.39 Å². The largest absolute Gasteiger partial charge is 0.337 e. The molecule has 3 nitrogen and oxygen atoms in total. The number of carbonyl (C=O) groups is 1. The van der Waals surface area contributed by atoms with Crippen LogP contribution in [0.25, 0.3) is 0 Å². The Kier molecular flexibility index (Phi) is 4.91. The summed E-state index contributed by atoms with van der Waals surface area (Å²) in [7, 11) is 0. The number of nitrogens with zero attached hydrogens (tertiary/aromatic N) is 1. The summed E-state index contributed by atoms with van der Waals surface area (Å²) in [6.07, 6.45) is 0.804. The highest BCUT2D eigenvalue weighted by Gasteiger charge is 2.25. The highest BCUT2D eigenvalue weighted by atomic mass is 79.9. The van der Waals surface area contributed by atoms with E-state index in [-0.39, 0.29) is 24.4 Å². The minimum atomic E-state index is -0.407. The Morgan fingerprint density at radius 3 is 2.82 bits per heavy atom. The van der Waals surface area contributed by atoms with Crippen molar-refractivity contribution in [1.29, 1.82) is 0 Å². The SMILES string of the molecule is Cl.NC1CCN(C(=O)c2cc(F)ccc2Br)C1. The minimum absolute atomic E-state index is 0. The van der Waals surface area contributed by atoms with Crippen LogP contribution in [0.5, 0.6) is 0 Å². The van der Waals surface area contributed by atoms with E-state index >= 15 is 0 Å². The zero-order chi connectivity index (χ0) is 11.7. The summed E-state index contributed by atoms with van der Waals surface area (Å²) >= 11 is 3.25. The van der Waals surface area contributed by atoms with Crippen LogP contribution in [0.3, 0.4) is 0 Å². The third-order valence-electron chi connectivity index (χ3n) is 2.67. The van der Waals surface area contributed by atoms with Crippen molar-refractivity contribution in [2.24, 2.45) is 5.73 Å². The number of benzene rings is 1. The van der Waals surface area contributed by atoms with Crippen LogP contribution in [-0.4, -0.2) is 29.9 Å². The summed E-state index contributed by atoms with van der Waals surface area (Å²) in [5.74, 6) is -0.575. The Morgan fingerprint density at radius 1 is 1.53 bits per heavy atom. The van der Waals surface area contributed by atoms with Crippen molar-refractivity contribution < 1.29 is 9.18 Å². The van der Waals surface area contributed by atoms with Gasteiger partial charge < -0.3 is 10.6 Å². The molecule has 6 heteroatoms. The van der Waals surface area contributed by atoms with Gasteiger partial charge in [0.25, 0.3) is 5.91 Å². The van der Waals surface area contributed by atoms with Crippen molar-refractivity contribution in [3.05, 3.63) is 34.1 Å². The summed E-state index contributed by atoms with van der Waals surface area (Å²) in [6, 6.07) is 4.14. The van der Waals surface area contributed by atoms with Gasteiger partial charge >= 0.3 is 0 Å². The van der Waals surface area contributed by atoms with E-state index in [9.17, 15) is 9.18 Å². The zero-order valence-corrected chi connectivity index (χ0v) is 11.4. The van der Waals surface area contributed by atoms with Crippen LogP contribution in [0, 0.1) is 5.82 Å². The average molecular weight is 324 g/mol. The highest BCUT2D eigenvalue weighted by Crippen LogP contribution is 2.21. The van der Waals surface area contributed by atoms with Crippen molar-refractivity contribution in [3.8, 4) is 0 Å². The van der Waals surface area contributed by atoms with Crippen LogP contribution in [0.1, 0.15) is 16.8 Å². The first-order valence-electron chi connectivity index (χ1n) is 5.08. The lowest BCUT2D eigenvalue weighted by atomic mass is 10.2. The van der Waals surface area contributed by atoms with E-state index < -0.39 is 5.82 Å². The van der Waals surface area contributed by atoms with Gasteiger partial charge in [-0.05, 0) is 40.5 Å². The molecule has 17 heavy (non-hydrogen) atoms. The highest BCUT2D eigenvalue weighted by molar-refractivity contribution is 9.10. The molecule has 1 atom stereocenters. The lowest BCUT2D eigenvalue weighted by Crippen LogP contribution is -2.32. The fourth-order valence-corrected chi connectivity index (χ4v) is 2.22. The first-order chi connectivity index (χ1) is 7.58. The number of hydrogen-bond donors (Lipinski definition) is 1. The molecule has 0 aromatic heterocycles. The second-order valence-corrected chi connectivity index (χ2v) is 4.78. The van der Waals surface area contributed by atoms with E-state index in [1.54, 1.807) is 11.0 Å². The minimum Gasteiger partial charge on any atom is -0.337 e. The van der Waals surface area contributed by atoms with Crippen molar-refractivity contribution in [3.63, 3.8) is 0 Å². The third-order valence-corrected chi connectivity index (χ3v) is 3.36. The quantitative estimate of drug-likeness (QED) is 0.861. The van der Waals surface area contributed by atoms with E-state index in [0.29, 0.717) is 23.1 Å². The van der Waals surface area contributed by atoms with E-state index in [2.05, 4.69) is 15.9 Å². The van der Waals surface area contributed by atoms with Crippen molar-refractivity contribution in [1.82, 2.24) is 4.90 Å². The van der Waals surface area contributed by atoms with Crippen LogP contribution in [-0.2, 0) is 0 Å². The molecule has 0 saturated carbocycles. The van der Waals surface area contributed by atoms with Crippen LogP contribution in [0.15, 0.2) is 22.7 Å². The van der Waals surface area contributed by atoms with E-state index in [1.807, 2.05) is 0 Å². The molecule has 1 unspecified atom stereocenters. The Labute approximate surface area is 114 Å². The molecule has 0 aliphatic carbocycles. The van der Waals surface area contributed by atoms with Crippen molar-refractivity contribution in [2.75, 3.05) is 13.1 Å². The molecule has 2 rings (SSSR count). The van der Waals surface area contributed by atoms with Crippen LogP contribution >= 0.6 is 28.3 Å². The first-order valence-corrected chi connectivity index (χ1v) is 5.87. The number of likely N-dealkylation sites (tertiary alicyclic amines) is 1. The molecule has 2 N–H and O–H groups in total. The molecule has 1 aromatic rings. The maximum atomic E-state index is 13.1. The van der Waals surface area contributed by atoms with E-state index in [0.717, 1.165) is 6.42 Å². The van der Waals surface area contributed by atoms with Crippen molar-refractivity contribution in [2.45, 2.75) is 12.5 Å². The van der Waals surface area contributed by atoms with Gasteiger partial charge in [-0.2, -0.15) is 0 Å². The number of rotatable bonds is 1. The van der Waals surface area contributed by atoms with E-state index in [4.69, 9.17) is 5.73 Å². The molecule has 1 fully saturated rings. The van der Waals surface area contributed by atoms with E-state index in [1.165, 1.54) is 12.1 Å². The summed E-state index contributed by atoms with van der Waals surface area (Å²) in [5.41, 5.74) is 6.08. The molecule has 94 valence electrons. The van der Waals surface area contributed by atoms with Crippen LogP contribution < -0.4 is 5.73 Å². The van der Waals surface area contributed by atoms with Gasteiger partial charge in [0.05, 0.1) is 5.56 Å². The van der Waals surface area contributed by atoms with Crippen LogP contribution in [0.2, 0.25) is 0 Å². The molecular weight excluding hydrogens is 310 g/mol. The third kappa shape index (κ3) is 3.18. The fraction of sp³-hybridized carbons (Fsp3) is 0.364. The molecule has 1 aliphatic heterocycles. The smallest absolute Gasteiger partial charge is 0.255 e. The number of carbonyl (C=O) groups excluding carboxylic acids is 1. The molecule has 0 radical (unpaired) electrons. The summed E-state index contributed by atoms with van der Waals surface area (Å²) < 4.78 is 13.7. The molecule has 1 amide bonds. The Hall–Kier alpha value is -0.650. The molecule has 0 spiro atoms. The predicted molar refractivity (Wildman–Crippen MR) is 69.8 cm³/mol. The van der Waals surface area contributed by atoms with Gasteiger partial charge in [0.15, 0.2) is 0 Å². The molecule has 1 saturated heterocycles. The number of nitrogens with two attached hydrogens (primary N) is 1. The fourth-order valence-electron chi connectivity index (χ4n) is 1.80. The molecule has 1 aromatic carbocycles. The lowest BCUT2D eigenvalue weighted by Gasteiger charge is -2.16. The molecular formula is C11H13BrClFN2O.